The molecule has 0 aromatic heterocycles. The topological polar surface area (TPSA) is 20.2 Å². The zero-order valence-corrected chi connectivity index (χ0v) is 14.4. The Hall–Kier alpha value is -0.820. The van der Waals surface area contributed by atoms with E-state index in [0.29, 0.717) is 0 Å². The SMILES string of the molecule is CC[C@]1(O)CC[C@H]2[C@H]3CCc4cc(C)ccc4[C@@H]3CC[C@@]21C. The minimum Gasteiger partial charge on any atom is -0.389 e. The molecule has 5 atom stereocenters. The van der Waals surface area contributed by atoms with Gasteiger partial charge in [-0.1, -0.05) is 37.6 Å². The molecule has 1 nitrogen and oxygen atoms in total. The number of aryl methyl sites for hydroxylation is 2. The second kappa shape index (κ2) is 4.84. The van der Waals surface area contributed by atoms with Gasteiger partial charge in [-0.2, -0.15) is 0 Å². The molecule has 2 saturated carbocycles. The van der Waals surface area contributed by atoms with Gasteiger partial charge in [0.25, 0.3) is 0 Å². The van der Waals surface area contributed by atoms with Crippen molar-refractivity contribution in [3.63, 3.8) is 0 Å². The fourth-order valence-electron chi connectivity index (χ4n) is 6.40. The molecule has 0 radical (unpaired) electrons. The molecule has 0 heterocycles. The predicted molar refractivity (Wildman–Crippen MR) is 91.0 cm³/mol. The molecule has 3 aliphatic carbocycles. The minimum atomic E-state index is -0.407. The van der Waals surface area contributed by atoms with Gasteiger partial charge in [-0.25, -0.2) is 0 Å². The second-order valence-corrected chi connectivity index (χ2v) is 8.50. The highest BCUT2D eigenvalue weighted by molar-refractivity contribution is 5.38. The maximum Gasteiger partial charge on any atom is 0.0701 e. The summed E-state index contributed by atoms with van der Waals surface area (Å²) in [5.41, 5.74) is 4.39. The van der Waals surface area contributed by atoms with Crippen LogP contribution >= 0.6 is 0 Å². The highest BCUT2D eigenvalue weighted by Gasteiger charge is 2.60. The van der Waals surface area contributed by atoms with Gasteiger partial charge >= 0.3 is 0 Å². The Labute approximate surface area is 135 Å². The van der Waals surface area contributed by atoms with Crippen molar-refractivity contribution < 1.29 is 5.11 Å². The van der Waals surface area contributed by atoms with E-state index in [1.807, 2.05) is 0 Å². The van der Waals surface area contributed by atoms with Crippen LogP contribution in [0.1, 0.15) is 75.0 Å². The third kappa shape index (κ3) is 1.81. The predicted octanol–water partition coefficient (Wildman–Crippen LogP) is 4.99. The first-order chi connectivity index (χ1) is 10.5. The van der Waals surface area contributed by atoms with Crippen LogP contribution in [0.25, 0.3) is 0 Å². The van der Waals surface area contributed by atoms with E-state index in [1.54, 1.807) is 11.1 Å². The lowest BCUT2D eigenvalue weighted by molar-refractivity contribution is -0.104. The second-order valence-electron chi connectivity index (χ2n) is 8.50. The summed E-state index contributed by atoms with van der Waals surface area (Å²) in [6.45, 7) is 6.79. The lowest BCUT2D eigenvalue weighted by Crippen LogP contribution is -2.50. The summed E-state index contributed by atoms with van der Waals surface area (Å²) in [7, 11) is 0. The Morgan fingerprint density at radius 3 is 2.77 bits per heavy atom. The van der Waals surface area contributed by atoms with Crippen LogP contribution in [0.5, 0.6) is 0 Å². The van der Waals surface area contributed by atoms with Gasteiger partial charge in [0.15, 0.2) is 0 Å². The van der Waals surface area contributed by atoms with Crippen molar-refractivity contribution in [2.75, 3.05) is 0 Å². The smallest absolute Gasteiger partial charge is 0.0701 e. The van der Waals surface area contributed by atoms with Gasteiger partial charge < -0.3 is 5.11 Å². The summed E-state index contributed by atoms with van der Waals surface area (Å²) in [5.74, 6) is 2.28. The Kier molecular flexibility index (Phi) is 3.24. The summed E-state index contributed by atoms with van der Waals surface area (Å²) in [6, 6.07) is 7.12. The standard InChI is InChI=1S/C21H30O/c1-4-21(22)12-10-19-18-8-6-15-13-14(2)5-7-16(15)17(18)9-11-20(19,21)3/h5,7,13,17-19,22H,4,6,8-12H2,1-3H3/t17-,18-,19-,20-,21-/m0/s1. The summed E-state index contributed by atoms with van der Waals surface area (Å²) in [5, 5.41) is 11.2. The average molecular weight is 298 g/mol. The van der Waals surface area contributed by atoms with Crippen LogP contribution in [0.15, 0.2) is 18.2 Å². The molecule has 0 aliphatic heterocycles. The van der Waals surface area contributed by atoms with Crippen LogP contribution in [0.4, 0.5) is 0 Å². The fraction of sp³-hybridized carbons (Fsp3) is 0.714. The van der Waals surface area contributed by atoms with Crippen LogP contribution in [0, 0.1) is 24.2 Å². The summed E-state index contributed by atoms with van der Waals surface area (Å²) in [4.78, 5) is 0. The van der Waals surface area contributed by atoms with E-state index in [9.17, 15) is 5.11 Å². The van der Waals surface area contributed by atoms with Crippen molar-refractivity contribution in [2.24, 2.45) is 17.3 Å². The molecule has 1 heteroatoms. The molecule has 1 aromatic rings. The highest BCUT2D eigenvalue weighted by atomic mass is 16.3. The number of hydrogen-bond donors (Lipinski definition) is 1. The Bertz CT molecular complexity index is 592. The third-order valence-electron chi connectivity index (χ3n) is 7.79. The van der Waals surface area contributed by atoms with E-state index < -0.39 is 5.60 Å². The van der Waals surface area contributed by atoms with E-state index in [4.69, 9.17) is 0 Å². The van der Waals surface area contributed by atoms with Crippen LogP contribution in [-0.4, -0.2) is 10.7 Å². The lowest BCUT2D eigenvalue weighted by Gasteiger charge is -2.53. The molecular formula is C21H30O. The number of fused-ring (bicyclic) bond motifs is 5. The monoisotopic (exact) mass is 298 g/mol. The number of benzene rings is 1. The highest BCUT2D eigenvalue weighted by Crippen LogP contribution is 2.64. The molecular weight excluding hydrogens is 268 g/mol. The van der Waals surface area contributed by atoms with Crippen LogP contribution < -0.4 is 0 Å². The van der Waals surface area contributed by atoms with Crippen molar-refractivity contribution in [3.05, 3.63) is 34.9 Å². The summed E-state index contributed by atoms with van der Waals surface area (Å²) in [6.07, 6.45) is 8.24. The van der Waals surface area contributed by atoms with Crippen molar-refractivity contribution in [1.29, 1.82) is 0 Å². The molecule has 4 rings (SSSR count). The zero-order chi connectivity index (χ0) is 15.5. The first kappa shape index (κ1) is 14.8. The molecule has 0 spiro atoms. The van der Waals surface area contributed by atoms with Gasteiger partial charge in [-0.15, -0.1) is 0 Å². The van der Waals surface area contributed by atoms with Crippen molar-refractivity contribution >= 4 is 0 Å². The first-order valence-electron chi connectivity index (χ1n) is 9.30. The Balaban J connectivity index is 1.70. The van der Waals surface area contributed by atoms with Gasteiger partial charge in [0.05, 0.1) is 5.60 Å². The van der Waals surface area contributed by atoms with Crippen molar-refractivity contribution in [1.82, 2.24) is 0 Å². The Morgan fingerprint density at radius 1 is 1.18 bits per heavy atom. The van der Waals surface area contributed by atoms with Gasteiger partial charge in [0, 0.05) is 0 Å². The van der Waals surface area contributed by atoms with Crippen molar-refractivity contribution in [3.8, 4) is 0 Å². The molecule has 0 amide bonds. The van der Waals surface area contributed by atoms with E-state index in [0.717, 1.165) is 30.6 Å². The number of hydrogen-bond acceptors (Lipinski definition) is 1. The molecule has 0 unspecified atom stereocenters. The van der Waals surface area contributed by atoms with E-state index in [-0.39, 0.29) is 5.41 Å². The van der Waals surface area contributed by atoms with Gasteiger partial charge in [-0.05, 0) is 86.2 Å². The van der Waals surface area contributed by atoms with Gasteiger partial charge in [0.1, 0.15) is 0 Å². The molecule has 22 heavy (non-hydrogen) atoms. The quantitative estimate of drug-likeness (QED) is 0.774. The van der Waals surface area contributed by atoms with Crippen molar-refractivity contribution in [2.45, 2.75) is 77.2 Å². The van der Waals surface area contributed by atoms with E-state index in [2.05, 4.69) is 39.0 Å². The minimum absolute atomic E-state index is 0.158. The van der Waals surface area contributed by atoms with Crippen LogP contribution in [-0.2, 0) is 6.42 Å². The summed E-state index contributed by atoms with van der Waals surface area (Å²) >= 11 is 0. The van der Waals surface area contributed by atoms with Gasteiger partial charge in [0.2, 0.25) is 0 Å². The number of rotatable bonds is 1. The first-order valence-corrected chi connectivity index (χ1v) is 9.30. The van der Waals surface area contributed by atoms with Crippen LogP contribution in [0.3, 0.4) is 0 Å². The fourth-order valence-corrected chi connectivity index (χ4v) is 6.40. The average Bonchev–Trinajstić information content (AvgIpc) is 2.79. The maximum absolute atomic E-state index is 11.2. The normalized spacial score (nSPS) is 43.4. The molecule has 2 fully saturated rings. The summed E-state index contributed by atoms with van der Waals surface area (Å²) < 4.78 is 0. The molecule has 1 aromatic carbocycles. The molecule has 1 N–H and O–H groups in total. The Morgan fingerprint density at radius 2 is 2.00 bits per heavy atom. The molecule has 0 bridgehead atoms. The number of aliphatic hydroxyl groups is 1. The van der Waals surface area contributed by atoms with Crippen LogP contribution in [0.2, 0.25) is 0 Å². The largest absolute Gasteiger partial charge is 0.389 e. The third-order valence-corrected chi connectivity index (χ3v) is 7.79. The molecule has 0 saturated heterocycles. The maximum atomic E-state index is 11.2. The lowest BCUT2D eigenvalue weighted by atomic mass is 9.53. The van der Waals surface area contributed by atoms with Gasteiger partial charge in [-0.3, -0.25) is 0 Å². The molecule has 3 aliphatic rings. The van der Waals surface area contributed by atoms with E-state index >= 15 is 0 Å². The molecule has 120 valence electrons. The zero-order valence-electron chi connectivity index (χ0n) is 14.4. The van der Waals surface area contributed by atoms with E-state index in [1.165, 1.54) is 37.7 Å².